The number of nitrogens with two attached hydrogens (primary N) is 1. The normalized spacial score (nSPS) is 11.5. The Labute approximate surface area is 129 Å². The Kier molecular flexibility index (Phi) is 3.76. The van der Waals surface area contributed by atoms with Crippen LogP contribution in [0.25, 0.3) is 20.8 Å². The van der Waals surface area contributed by atoms with Crippen LogP contribution in [-0.4, -0.2) is 17.0 Å². The van der Waals surface area contributed by atoms with E-state index in [0.717, 1.165) is 10.5 Å². The van der Waals surface area contributed by atoms with Crippen molar-refractivity contribution < 1.29 is 0 Å². The molecule has 108 valence electrons. The average Bonchev–Trinajstić information content (AvgIpc) is 2.82. The van der Waals surface area contributed by atoms with Crippen LogP contribution >= 0.6 is 11.3 Å². The lowest BCUT2D eigenvalue weighted by Gasteiger charge is -2.10. The van der Waals surface area contributed by atoms with Crippen LogP contribution in [0.1, 0.15) is 16.7 Å². The molecule has 4 heteroatoms. The number of hydrogen-bond acceptors (Lipinski definition) is 4. The first-order chi connectivity index (χ1) is 10.0. The topological polar surface area (TPSA) is 42.2 Å². The monoisotopic (exact) mass is 297 g/mol. The van der Waals surface area contributed by atoms with Gasteiger partial charge in [-0.15, -0.1) is 11.3 Å². The van der Waals surface area contributed by atoms with Crippen molar-refractivity contribution in [3.63, 3.8) is 0 Å². The molecule has 0 spiro atoms. The molecular formula is C17H19N3S. The summed E-state index contributed by atoms with van der Waals surface area (Å²) in [6.45, 7) is 4.92. The van der Waals surface area contributed by atoms with Gasteiger partial charge in [0, 0.05) is 19.2 Å². The van der Waals surface area contributed by atoms with E-state index >= 15 is 0 Å². The second-order valence-corrected chi connectivity index (χ2v) is 6.60. The minimum Gasteiger partial charge on any atom is -0.269 e. The fraction of sp³-hybridized carbons (Fsp3) is 0.235. The fourth-order valence-electron chi connectivity index (χ4n) is 2.46. The summed E-state index contributed by atoms with van der Waals surface area (Å²) < 4.78 is 1.22. The largest absolute Gasteiger partial charge is 0.269 e. The number of fused-ring (bicyclic) bond motifs is 1. The fourth-order valence-corrected chi connectivity index (χ4v) is 3.58. The molecule has 3 aromatic rings. The van der Waals surface area contributed by atoms with Crippen LogP contribution in [0, 0.1) is 13.8 Å². The Morgan fingerprint density at radius 2 is 1.81 bits per heavy atom. The highest BCUT2D eigenvalue weighted by molar-refractivity contribution is 7.21. The second-order valence-electron chi connectivity index (χ2n) is 5.57. The van der Waals surface area contributed by atoms with E-state index in [-0.39, 0.29) is 0 Å². The lowest BCUT2D eigenvalue weighted by molar-refractivity contribution is 0.343. The molecule has 0 fully saturated rings. The molecule has 1 heterocycles. The van der Waals surface area contributed by atoms with Crippen molar-refractivity contribution in [2.75, 3.05) is 7.05 Å². The molecule has 0 amide bonds. The molecule has 3 rings (SSSR count). The molecule has 2 aromatic carbocycles. The molecule has 0 radical (unpaired) electrons. The lowest BCUT2D eigenvalue weighted by atomic mass is 10.1. The third-order valence-electron chi connectivity index (χ3n) is 3.44. The third kappa shape index (κ3) is 2.97. The van der Waals surface area contributed by atoms with Crippen molar-refractivity contribution in [2.45, 2.75) is 20.4 Å². The van der Waals surface area contributed by atoms with E-state index in [1.165, 1.54) is 27.0 Å². The zero-order chi connectivity index (χ0) is 15.0. The molecule has 1 aromatic heterocycles. The van der Waals surface area contributed by atoms with Crippen molar-refractivity contribution in [2.24, 2.45) is 5.84 Å². The maximum absolute atomic E-state index is 5.81. The van der Waals surface area contributed by atoms with Crippen LogP contribution in [0.15, 0.2) is 36.4 Å². The van der Waals surface area contributed by atoms with Crippen molar-refractivity contribution in [1.82, 2.24) is 9.99 Å². The Morgan fingerprint density at radius 3 is 2.48 bits per heavy atom. The molecule has 0 aliphatic rings. The van der Waals surface area contributed by atoms with Crippen molar-refractivity contribution in [3.8, 4) is 10.6 Å². The van der Waals surface area contributed by atoms with E-state index < -0.39 is 0 Å². The van der Waals surface area contributed by atoms with Crippen LogP contribution < -0.4 is 5.84 Å². The highest BCUT2D eigenvalue weighted by Gasteiger charge is 2.11. The van der Waals surface area contributed by atoms with Gasteiger partial charge in [0.25, 0.3) is 0 Å². The molecular weight excluding hydrogens is 278 g/mol. The summed E-state index contributed by atoms with van der Waals surface area (Å²) in [5, 5.41) is 2.76. The quantitative estimate of drug-likeness (QED) is 0.589. The van der Waals surface area contributed by atoms with E-state index in [9.17, 15) is 0 Å². The van der Waals surface area contributed by atoms with Crippen LogP contribution in [0.3, 0.4) is 0 Å². The third-order valence-corrected chi connectivity index (χ3v) is 4.49. The number of aryl methyl sites for hydroxylation is 2. The summed E-state index contributed by atoms with van der Waals surface area (Å²) in [5.41, 5.74) is 5.94. The molecule has 0 saturated heterocycles. The first-order valence-electron chi connectivity index (χ1n) is 6.96. The standard InChI is InChI=1S/C17H19N3S/c1-11-4-6-13(7-5-11)17-19-16-14(10-20(3)18)8-12(2)9-15(16)21-17/h4-9H,10,18H2,1-3H3. The van der Waals surface area contributed by atoms with Gasteiger partial charge in [-0.05, 0) is 31.0 Å². The van der Waals surface area contributed by atoms with Gasteiger partial charge < -0.3 is 0 Å². The number of nitrogens with zero attached hydrogens (tertiary/aromatic N) is 2. The number of benzene rings is 2. The number of hydrogen-bond donors (Lipinski definition) is 1. The van der Waals surface area contributed by atoms with Crippen LogP contribution in [-0.2, 0) is 6.54 Å². The van der Waals surface area contributed by atoms with Crippen LogP contribution in [0.2, 0.25) is 0 Å². The summed E-state index contributed by atoms with van der Waals surface area (Å²) in [5.74, 6) is 5.81. The van der Waals surface area contributed by atoms with Gasteiger partial charge in [0.15, 0.2) is 0 Å². The van der Waals surface area contributed by atoms with Gasteiger partial charge in [-0.3, -0.25) is 5.84 Å². The predicted octanol–water partition coefficient (Wildman–Crippen LogP) is 3.89. The Bertz CT molecular complexity index is 773. The molecule has 2 N–H and O–H groups in total. The van der Waals surface area contributed by atoms with Crippen molar-refractivity contribution in [3.05, 3.63) is 53.1 Å². The maximum atomic E-state index is 5.81. The maximum Gasteiger partial charge on any atom is 0.124 e. The van der Waals surface area contributed by atoms with E-state index in [1.807, 2.05) is 7.05 Å². The van der Waals surface area contributed by atoms with Gasteiger partial charge in [-0.1, -0.05) is 35.9 Å². The smallest absolute Gasteiger partial charge is 0.124 e. The highest BCUT2D eigenvalue weighted by atomic mass is 32.1. The second kappa shape index (κ2) is 5.56. The number of thiazole rings is 1. The Morgan fingerprint density at radius 1 is 1.10 bits per heavy atom. The molecule has 21 heavy (non-hydrogen) atoms. The van der Waals surface area contributed by atoms with Crippen molar-refractivity contribution >= 4 is 21.6 Å². The zero-order valence-corrected chi connectivity index (χ0v) is 13.4. The molecule has 0 aliphatic carbocycles. The van der Waals surface area contributed by atoms with E-state index in [4.69, 9.17) is 10.8 Å². The summed E-state index contributed by atoms with van der Waals surface area (Å²) in [6.07, 6.45) is 0. The van der Waals surface area contributed by atoms with Crippen molar-refractivity contribution in [1.29, 1.82) is 0 Å². The minimum atomic E-state index is 0.704. The Hall–Kier alpha value is -1.75. The molecule has 0 aliphatic heterocycles. The SMILES string of the molecule is Cc1ccc(-c2nc3c(CN(C)N)cc(C)cc3s2)cc1. The number of rotatable bonds is 3. The van der Waals surface area contributed by atoms with E-state index in [1.54, 1.807) is 16.3 Å². The van der Waals surface area contributed by atoms with E-state index in [2.05, 4.69) is 50.2 Å². The average molecular weight is 297 g/mol. The molecule has 3 nitrogen and oxygen atoms in total. The van der Waals surface area contributed by atoms with Gasteiger partial charge in [-0.2, -0.15) is 0 Å². The first-order valence-corrected chi connectivity index (χ1v) is 7.77. The number of hydrazine groups is 1. The summed E-state index contributed by atoms with van der Waals surface area (Å²) in [4.78, 5) is 4.84. The summed E-state index contributed by atoms with van der Waals surface area (Å²) in [6, 6.07) is 12.9. The highest BCUT2D eigenvalue weighted by Crippen LogP contribution is 2.33. The Balaban J connectivity index is 2.12. The zero-order valence-electron chi connectivity index (χ0n) is 12.6. The van der Waals surface area contributed by atoms with Gasteiger partial charge in [0.05, 0.1) is 10.2 Å². The lowest BCUT2D eigenvalue weighted by Crippen LogP contribution is -2.25. The van der Waals surface area contributed by atoms with Crippen LogP contribution in [0.5, 0.6) is 0 Å². The molecule has 0 bridgehead atoms. The number of aromatic nitrogens is 1. The molecule has 0 unspecified atom stereocenters. The van der Waals surface area contributed by atoms with Gasteiger partial charge in [-0.25, -0.2) is 9.99 Å². The predicted molar refractivity (Wildman–Crippen MR) is 90.2 cm³/mol. The van der Waals surface area contributed by atoms with E-state index in [0.29, 0.717) is 6.54 Å². The van der Waals surface area contributed by atoms with Gasteiger partial charge in [0.2, 0.25) is 0 Å². The first kappa shape index (κ1) is 14.2. The molecule has 0 saturated carbocycles. The van der Waals surface area contributed by atoms with Crippen LogP contribution in [0.4, 0.5) is 0 Å². The van der Waals surface area contributed by atoms with Gasteiger partial charge in [0.1, 0.15) is 5.01 Å². The summed E-state index contributed by atoms with van der Waals surface area (Å²) in [7, 11) is 1.88. The summed E-state index contributed by atoms with van der Waals surface area (Å²) >= 11 is 1.74. The molecule has 0 atom stereocenters. The van der Waals surface area contributed by atoms with Gasteiger partial charge >= 0.3 is 0 Å². The minimum absolute atomic E-state index is 0.704.